The highest BCUT2D eigenvalue weighted by molar-refractivity contribution is 6.31. The Labute approximate surface area is 213 Å². The minimum absolute atomic E-state index is 1.03. The SMILES string of the molecule is c1cnc2c(-c3ccc(-n4c5ccccc5c5c6ccccc6c6ncccc6c54)cc3)cccc2c1. The summed E-state index contributed by atoms with van der Waals surface area (Å²) in [6.07, 6.45) is 3.75. The van der Waals surface area contributed by atoms with Gasteiger partial charge in [-0.05, 0) is 47.3 Å². The van der Waals surface area contributed by atoms with Gasteiger partial charge in [0.1, 0.15) is 0 Å². The van der Waals surface area contributed by atoms with E-state index in [-0.39, 0.29) is 0 Å². The second-order valence-electron chi connectivity index (χ2n) is 9.45. The molecule has 8 rings (SSSR count). The highest BCUT2D eigenvalue weighted by Crippen LogP contribution is 2.41. The summed E-state index contributed by atoms with van der Waals surface area (Å²) in [6, 6.07) is 40.9. The zero-order chi connectivity index (χ0) is 24.3. The predicted octanol–water partition coefficient (Wildman–Crippen LogP) is 8.70. The lowest BCUT2D eigenvalue weighted by atomic mass is 9.99. The molecule has 5 aromatic carbocycles. The number of hydrogen-bond acceptors (Lipinski definition) is 2. The van der Waals surface area contributed by atoms with Gasteiger partial charge in [-0.15, -0.1) is 0 Å². The van der Waals surface area contributed by atoms with Crippen molar-refractivity contribution >= 4 is 54.4 Å². The van der Waals surface area contributed by atoms with Crippen LogP contribution in [0.4, 0.5) is 0 Å². The molecule has 0 atom stereocenters. The lowest BCUT2D eigenvalue weighted by Crippen LogP contribution is -1.95. The molecule has 3 nitrogen and oxygen atoms in total. The van der Waals surface area contributed by atoms with Crippen molar-refractivity contribution in [3.8, 4) is 16.8 Å². The molecule has 37 heavy (non-hydrogen) atoms. The molecule has 0 saturated heterocycles. The summed E-state index contributed by atoms with van der Waals surface area (Å²) in [4.78, 5) is 9.49. The molecule has 3 heteroatoms. The van der Waals surface area contributed by atoms with Gasteiger partial charge in [0.05, 0.1) is 22.1 Å². The summed E-state index contributed by atoms with van der Waals surface area (Å²) >= 11 is 0. The molecule has 0 fully saturated rings. The highest BCUT2D eigenvalue weighted by atomic mass is 15.0. The fourth-order valence-corrected chi connectivity index (χ4v) is 5.88. The predicted molar refractivity (Wildman–Crippen MR) is 154 cm³/mol. The van der Waals surface area contributed by atoms with E-state index >= 15 is 0 Å². The van der Waals surface area contributed by atoms with Crippen LogP contribution in [0.5, 0.6) is 0 Å². The van der Waals surface area contributed by atoms with E-state index < -0.39 is 0 Å². The van der Waals surface area contributed by atoms with Gasteiger partial charge in [-0.3, -0.25) is 9.97 Å². The van der Waals surface area contributed by atoms with E-state index in [1.807, 2.05) is 24.5 Å². The maximum absolute atomic E-state index is 4.83. The van der Waals surface area contributed by atoms with Crippen molar-refractivity contribution in [3.05, 3.63) is 128 Å². The van der Waals surface area contributed by atoms with Crippen LogP contribution in [0.1, 0.15) is 0 Å². The smallest absolute Gasteiger partial charge is 0.0801 e. The minimum Gasteiger partial charge on any atom is -0.309 e. The molecular weight excluding hydrogens is 450 g/mol. The number of fused-ring (bicyclic) bond motifs is 9. The van der Waals surface area contributed by atoms with Crippen molar-refractivity contribution in [2.75, 3.05) is 0 Å². The monoisotopic (exact) mass is 471 g/mol. The van der Waals surface area contributed by atoms with Gasteiger partial charge in [0.2, 0.25) is 0 Å². The summed E-state index contributed by atoms with van der Waals surface area (Å²) < 4.78 is 2.40. The zero-order valence-electron chi connectivity index (χ0n) is 20.0. The number of nitrogens with zero attached hydrogens (tertiary/aromatic N) is 3. The average molecular weight is 472 g/mol. The van der Waals surface area contributed by atoms with Crippen LogP contribution in [0.15, 0.2) is 128 Å². The molecule has 0 N–H and O–H groups in total. The third-order valence-electron chi connectivity index (χ3n) is 7.46. The third-order valence-corrected chi connectivity index (χ3v) is 7.46. The number of para-hydroxylation sites is 2. The van der Waals surface area contributed by atoms with Gasteiger partial charge in [0, 0.05) is 50.6 Å². The summed E-state index contributed by atoms with van der Waals surface area (Å²) in [5, 5.41) is 7.26. The second kappa shape index (κ2) is 7.74. The van der Waals surface area contributed by atoms with Crippen molar-refractivity contribution < 1.29 is 0 Å². The van der Waals surface area contributed by atoms with Gasteiger partial charge < -0.3 is 4.57 Å². The molecule has 0 aliphatic heterocycles. The number of pyridine rings is 2. The molecule has 3 heterocycles. The lowest BCUT2D eigenvalue weighted by molar-refractivity contribution is 1.19. The molecule has 0 saturated carbocycles. The maximum atomic E-state index is 4.83. The van der Waals surface area contributed by atoms with Crippen LogP contribution in [0.25, 0.3) is 71.2 Å². The highest BCUT2D eigenvalue weighted by Gasteiger charge is 2.19. The first-order chi connectivity index (χ1) is 18.4. The molecular formula is C34H21N3. The van der Waals surface area contributed by atoms with Crippen LogP contribution in [-0.4, -0.2) is 14.5 Å². The topological polar surface area (TPSA) is 30.7 Å². The van der Waals surface area contributed by atoms with Gasteiger partial charge in [0.15, 0.2) is 0 Å². The molecule has 0 aliphatic rings. The summed E-state index contributed by atoms with van der Waals surface area (Å²) in [7, 11) is 0. The van der Waals surface area contributed by atoms with E-state index in [4.69, 9.17) is 4.98 Å². The van der Waals surface area contributed by atoms with E-state index in [1.54, 1.807) is 0 Å². The number of aromatic nitrogens is 3. The fraction of sp³-hybridized carbons (Fsp3) is 0. The van der Waals surface area contributed by atoms with Gasteiger partial charge in [-0.2, -0.15) is 0 Å². The van der Waals surface area contributed by atoms with Crippen LogP contribution in [0, 0.1) is 0 Å². The average Bonchev–Trinajstić information content (AvgIpc) is 3.33. The van der Waals surface area contributed by atoms with E-state index in [0.717, 1.165) is 38.6 Å². The van der Waals surface area contributed by atoms with Crippen LogP contribution >= 0.6 is 0 Å². The Morgan fingerprint density at radius 2 is 1.16 bits per heavy atom. The first-order valence-electron chi connectivity index (χ1n) is 12.5. The molecule has 0 unspecified atom stereocenters. The summed E-state index contributed by atoms with van der Waals surface area (Å²) in [5.74, 6) is 0. The molecule has 0 spiro atoms. The molecule has 3 aromatic heterocycles. The molecule has 8 aromatic rings. The van der Waals surface area contributed by atoms with E-state index in [9.17, 15) is 0 Å². The zero-order valence-corrected chi connectivity index (χ0v) is 20.0. The van der Waals surface area contributed by atoms with Gasteiger partial charge in [-0.25, -0.2) is 0 Å². The molecule has 0 bridgehead atoms. The summed E-state index contributed by atoms with van der Waals surface area (Å²) in [5.41, 5.74) is 7.88. The lowest BCUT2D eigenvalue weighted by Gasteiger charge is -2.12. The van der Waals surface area contributed by atoms with Crippen LogP contribution in [-0.2, 0) is 0 Å². The standard InChI is InChI=1S/C34H21N3/c1-2-11-27-26(10-1)31-28-12-3-4-15-30(28)37(34(31)29-14-7-21-36-33(27)29)24-18-16-22(17-19-24)25-13-5-8-23-9-6-20-35-32(23)25/h1-21H. The van der Waals surface area contributed by atoms with E-state index in [0.29, 0.717) is 0 Å². The van der Waals surface area contributed by atoms with Crippen LogP contribution in [0.3, 0.4) is 0 Å². The first kappa shape index (κ1) is 20.2. The Morgan fingerprint density at radius 1 is 0.486 bits per heavy atom. The molecule has 172 valence electrons. The Hall–Kier alpha value is -5.02. The first-order valence-corrected chi connectivity index (χ1v) is 12.5. The van der Waals surface area contributed by atoms with Crippen molar-refractivity contribution in [3.63, 3.8) is 0 Å². The molecule has 0 aliphatic carbocycles. The van der Waals surface area contributed by atoms with E-state index in [2.05, 4.69) is 113 Å². The normalized spacial score (nSPS) is 11.8. The third kappa shape index (κ3) is 2.88. The van der Waals surface area contributed by atoms with Crippen molar-refractivity contribution in [1.82, 2.24) is 14.5 Å². The number of rotatable bonds is 2. The molecule has 0 radical (unpaired) electrons. The Morgan fingerprint density at radius 3 is 2.03 bits per heavy atom. The van der Waals surface area contributed by atoms with Gasteiger partial charge in [-0.1, -0.05) is 78.9 Å². The van der Waals surface area contributed by atoms with Crippen LogP contribution in [0.2, 0.25) is 0 Å². The van der Waals surface area contributed by atoms with Crippen LogP contribution < -0.4 is 0 Å². The van der Waals surface area contributed by atoms with Crippen molar-refractivity contribution in [1.29, 1.82) is 0 Å². The van der Waals surface area contributed by atoms with Crippen molar-refractivity contribution in [2.45, 2.75) is 0 Å². The van der Waals surface area contributed by atoms with Gasteiger partial charge in [0.25, 0.3) is 0 Å². The minimum atomic E-state index is 1.03. The van der Waals surface area contributed by atoms with E-state index in [1.165, 1.54) is 32.6 Å². The molecule has 0 amide bonds. The number of benzene rings is 5. The number of hydrogen-bond donors (Lipinski definition) is 0. The quantitative estimate of drug-likeness (QED) is 0.236. The second-order valence-corrected chi connectivity index (χ2v) is 9.45. The fourth-order valence-electron chi connectivity index (χ4n) is 5.88. The van der Waals surface area contributed by atoms with Gasteiger partial charge >= 0.3 is 0 Å². The Kier molecular flexibility index (Phi) is 4.23. The maximum Gasteiger partial charge on any atom is 0.0801 e. The Balaban J connectivity index is 1.45. The summed E-state index contributed by atoms with van der Waals surface area (Å²) in [6.45, 7) is 0. The van der Waals surface area contributed by atoms with Crippen molar-refractivity contribution in [2.24, 2.45) is 0 Å². The Bertz CT molecular complexity index is 2130. The largest absolute Gasteiger partial charge is 0.309 e.